The van der Waals surface area contributed by atoms with Crippen LogP contribution in [0.25, 0.3) is 10.8 Å². The smallest absolute Gasteiger partial charge is 0.480 e. The molecule has 0 heterocycles. The highest BCUT2D eigenvalue weighted by molar-refractivity contribution is 7.46. The fraction of sp³-hybridized carbons (Fsp3) is 0.188. The minimum atomic E-state index is -4.82. The molecule has 0 bridgehead atoms. The van der Waals surface area contributed by atoms with Crippen LogP contribution >= 0.6 is 7.82 Å². The predicted molar refractivity (Wildman–Crippen MR) is 236 cm³/mol. The van der Waals surface area contributed by atoms with Crippen molar-refractivity contribution in [3.8, 4) is 5.75 Å². The first kappa shape index (κ1) is 45.4. The van der Waals surface area contributed by atoms with Crippen LogP contribution in [-0.4, -0.2) is 68.7 Å². The predicted octanol–water partition coefficient (Wildman–Crippen LogP) is 4.85. The summed E-state index contributed by atoms with van der Waals surface area (Å²) in [5.74, 6) is -4.08. The summed E-state index contributed by atoms with van der Waals surface area (Å²) in [6.07, 6.45) is -0.120. The van der Waals surface area contributed by atoms with Gasteiger partial charge in [-0.1, -0.05) is 146 Å². The molecule has 6 aromatic carbocycles. The van der Waals surface area contributed by atoms with Crippen LogP contribution in [0.2, 0.25) is 0 Å². The second kappa shape index (κ2) is 21.6. The maximum absolute atomic E-state index is 14.4. The van der Waals surface area contributed by atoms with Gasteiger partial charge < -0.3 is 30.9 Å². The average molecular weight is 871 g/mol. The summed E-state index contributed by atoms with van der Waals surface area (Å²) >= 11 is 0. The van der Waals surface area contributed by atoms with Gasteiger partial charge in [0.05, 0.1) is 6.42 Å². The van der Waals surface area contributed by atoms with Crippen molar-refractivity contribution in [3.63, 3.8) is 0 Å². The highest BCUT2D eigenvalue weighted by Crippen LogP contribution is 2.37. The first-order valence-corrected chi connectivity index (χ1v) is 21.7. The van der Waals surface area contributed by atoms with Crippen molar-refractivity contribution >= 4 is 48.2 Å². The van der Waals surface area contributed by atoms with Gasteiger partial charge in [-0.15, -0.1) is 0 Å². The number of phosphoric ester groups is 1. The van der Waals surface area contributed by atoms with E-state index in [9.17, 15) is 33.6 Å². The second-order valence-electron chi connectivity index (χ2n) is 15.0. The number of hydrogen-bond donors (Lipinski definition) is 7. The lowest BCUT2D eigenvalue weighted by Gasteiger charge is -2.26. The largest absolute Gasteiger partial charge is 0.524 e. The molecule has 14 nitrogen and oxygen atoms in total. The van der Waals surface area contributed by atoms with Crippen LogP contribution in [0.3, 0.4) is 0 Å². The van der Waals surface area contributed by atoms with Gasteiger partial charge >= 0.3 is 13.8 Å². The molecule has 0 aliphatic rings. The molecule has 0 aliphatic heterocycles. The van der Waals surface area contributed by atoms with Crippen molar-refractivity contribution < 1.29 is 48.0 Å². The third-order valence-corrected chi connectivity index (χ3v) is 10.6. The van der Waals surface area contributed by atoms with Crippen LogP contribution in [-0.2, 0) is 60.6 Å². The standard InChI is InChI=1S/C48H47N4O10P/c53-44(31-36-20-23-37-18-10-11-19-38(37)26-36)49-40(27-32-12-4-1-5-13-32)45(54)50-41(28-33-14-6-2-7-15-33)46(55)51-42(29-34-16-8-3-9-17-34)47(56)52-43(48(57)58)30-35-21-24-39(25-22-35)62-63(59,60)61/h1-26,40-43H,27-31H2,(H,49,53)(H,50,54)(H,51,55)(H,52,56)(H,57,58)(H2,59,60,61)/t40-,41-,42-,43-/m1/s1. The molecule has 4 amide bonds. The van der Waals surface area contributed by atoms with Gasteiger partial charge in [0.15, 0.2) is 0 Å². The summed E-state index contributed by atoms with van der Waals surface area (Å²) in [4.78, 5) is 87.0. The summed E-state index contributed by atoms with van der Waals surface area (Å²) < 4.78 is 15.8. The third-order valence-electron chi connectivity index (χ3n) is 10.1. The number of amides is 4. The van der Waals surface area contributed by atoms with E-state index in [2.05, 4.69) is 25.8 Å². The SMILES string of the molecule is O=C(Cc1ccc2ccccc2c1)N[C@H](Cc1ccccc1)C(=O)N[C@H](Cc1ccccc1)C(=O)N[C@H](Cc1ccccc1)C(=O)N[C@H](Cc1ccc(OP(=O)(O)O)cc1)C(=O)O. The van der Waals surface area contributed by atoms with E-state index in [0.29, 0.717) is 16.7 Å². The molecular formula is C48H47N4O10P. The number of benzene rings is 6. The molecular weight excluding hydrogens is 824 g/mol. The zero-order chi connectivity index (χ0) is 44.8. The number of aliphatic carboxylic acids is 1. The van der Waals surface area contributed by atoms with Gasteiger partial charge in [-0.05, 0) is 50.7 Å². The maximum Gasteiger partial charge on any atom is 0.524 e. The summed E-state index contributed by atoms with van der Waals surface area (Å²) in [7, 11) is -4.82. The summed E-state index contributed by atoms with van der Waals surface area (Å²) in [6.45, 7) is 0. The molecule has 0 aromatic heterocycles. The van der Waals surface area contributed by atoms with Crippen LogP contribution in [0, 0.1) is 0 Å². The van der Waals surface area contributed by atoms with Crippen LogP contribution in [0.15, 0.2) is 158 Å². The summed E-state index contributed by atoms with van der Waals surface area (Å²) in [6, 6.07) is 40.6. The third kappa shape index (κ3) is 14.2. The number of phosphoric acid groups is 1. The van der Waals surface area contributed by atoms with Gasteiger partial charge in [-0.3, -0.25) is 29.0 Å². The molecule has 0 saturated carbocycles. The number of carboxylic acids is 1. The number of carbonyl (C=O) groups excluding carboxylic acids is 4. The Balaban J connectivity index is 1.22. The lowest BCUT2D eigenvalue weighted by molar-refractivity contribution is -0.142. The lowest BCUT2D eigenvalue weighted by atomic mass is 10.00. The minimum Gasteiger partial charge on any atom is -0.480 e. The highest BCUT2D eigenvalue weighted by atomic mass is 31.2. The Hall–Kier alpha value is -7.12. The molecule has 0 fully saturated rings. The topological polar surface area (TPSA) is 220 Å². The zero-order valence-electron chi connectivity index (χ0n) is 34.0. The Kier molecular flexibility index (Phi) is 15.6. The van der Waals surface area contributed by atoms with Crippen LogP contribution in [0.5, 0.6) is 5.75 Å². The molecule has 324 valence electrons. The summed E-state index contributed by atoms with van der Waals surface area (Å²) in [5.41, 5.74) is 3.29. The number of fused-ring (bicyclic) bond motifs is 1. The molecule has 63 heavy (non-hydrogen) atoms. The lowest BCUT2D eigenvalue weighted by Crippen LogP contribution is -2.59. The zero-order valence-corrected chi connectivity index (χ0v) is 34.9. The van der Waals surface area contributed by atoms with E-state index in [1.807, 2.05) is 78.9 Å². The molecule has 0 saturated heterocycles. The van der Waals surface area contributed by atoms with Crippen molar-refractivity contribution in [1.29, 1.82) is 0 Å². The van der Waals surface area contributed by atoms with E-state index < -0.39 is 61.6 Å². The Bertz CT molecular complexity index is 2560. The number of rotatable bonds is 20. The Labute approximate surface area is 364 Å². The van der Waals surface area contributed by atoms with Crippen LogP contribution < -0.4 is 25.8 Å². The van der Waals surface area contributed by atoms with Crippen LogP contribution in [0.4, 0.5) is 0 Å². The quantitative estimate of drug-likeness (QED) is 0.0518. The van der Waals surface area contributed by atoms with Gasteiger partial charge in [0, 0.05) is 25.7 Å². The number of carbonyl (C=O) groups is 5. The van der Waals surface area contributed by atoms with E-state index in [1.54, 1.807) is 54.6 Å². The summed E-state index contributed by atoms with van der Waals surface area (Å²) in [5, 5.41) is 23.2. The Morgan fingerprint density at radius 1 is 0.460 bits per heavy atom. The van der Waals surface area contributed by atoms with Crippen molar-refractivity contribution in [3.05, 3.63) is 186 Å². The second-order valence-corrected chi connectivity index (χ2v) is 16.2. The number of hydrogen-bond acceptors (Lipinski definition) is 7. The van der Waals surface area contributed by atoms with Crippen LogP contribution in [0.1, 0.15) is 27.8 Å². The first-order valence-electron chi connectivity index (χ1n) is 20.1. The molecule has 6 rings (SSSR count). The fourth-order valence-corrected chi connectivity index (χ4v) is 7.43. The van der Waals surface area contributed by atoms with E-state index in [1.165, 1.54) is 24.3 Å². The van der Waals surface area contributed by atoms with Crippen molar-refractivity contribution in [1.82, 2.24) is 21.3 Å². The Morgan fingerprint density at radius 3 is 1.30 bits per heavy atom. The van der Waals surface area contributed by atoms with Gasteiger partial charge in [0.2, 0.25) is 23.6 Å². The molecule has 0 unspecified atom stereocenters. The molecule has 0 aliphatic carbocycles. The van der Waals surface area contributed by atoms with Crippen molar-refractivity contribution in [2.75, 3.05) is 0 Å². The van der Waals surface area contributed by atoms with Crippen molar-refractivity contribution in [2.24, 2.45) is 0 Å². The molecule has 4 atom stereocenters. The van der Waals surface area contributed by atoms with E-state index in [0.717, 1.165) is 21.9 Å². The van der Waals surface area contributed by atoms with E-state index in [-0.39, 0.29) is 37.9 Å². The molecule has 7 N–H and O–H groups in total. The molecule has 15 heteroatoms. The van der Waals surface area contributed by atoms with Gasteiger partial charge in [0.25, 0.3) is 0 Å². The highest BCUT2D eigenvalue weighted by Gasteiger charge is 2.32. The Morgan fingerprint density at radius 2 is 0.841 bits per heavy atom. The average Bonchev–Trinajstić information content (AvgIpc) is 3.26. The van der Waals surface area contributed by atoms with E-state index >= 15 is 0 Å². The van der Waals surface area contributed by atoms with E-state index in [4.69, 9.17) is 9.79 Å². The normalized spacial score (nSPS) is 13.1. The number of nitrogens with one attached hydrogen (secondary N) is 4. The van der Waals surface area contributed by atoms with Gasteiger partial charge in [-0.25, -0.2) is 9.36 Å². The first-order chi connectivity index (χ1) is 30.3. The fourth-order valence-electron chi connectivity index (χ4n) is 7.03. The monoisotopic (exact) mass is 870 g/mol. The molecule has 0 radical (unpaired) electrons. The molecule has 0 spiro atoms. The maximum atomic E-state index is 14.4. The van der Waals surface area contributed by atoms with Gasteiger partial charge in [-0.2, -0.15) is 0 Å². The number of carboxylic acid groups (broad SMARTS) is 1. The minimum absolute atomic E-state index is 0.00127. The van der Waals surface area contributed by atoms with Gasteiger partial charge in [0.1, 0.15) is 29.9 Å². The molecule has 6 aromatic rings. The van der Waals surface area contributed by atoms with Crippen molar-refractivity contribution in [2.45, 2.75) is 56.3 Å².